The number of ether oxygens (including phenoxy) is 1. The Kier molecular flexibility index (Phi) is 6.53. The third kappa shape index (κ3) is 5.97. The van der Waals surface area contributed by atoms with E-state index in [2.05, 4.69) is 30.6 Å². The zero-order valence-corrected chi connectivity index (χ0v) is 18.1. The van der Waals surface area contributed by atoms with Crippen LogP contribution in [0.3, 0.4) is 0 Å². The summed E-state index contributed by atoms with van der Waals surface area (Å²) in [4.78, 5) is 16.9. The van der Waals surface area contributed by atoms with Crippen molar-refractivity contribution in [2.45, 2.75) is 75.3 Å². The molecular formula is C21H25F5N6O. The van der Waals surface area contributed by atoms with E-state index >= 15 is 0 Å². The quantitative estimate of drug-likeness (QED) is 0.569. The molecule has 2 fully saturated rings. The Morgan fingerprint density at radius 1 is 0.788 bits per heavy atom. The van der Waals surface area contributed by atoms with Gasteiger partial charge in [0.25, 0.3) is 0 Å². The van der Waals surface area contributed by atoms with Crippen LogP contribution in [0.4, 0.5) is 33.8 Å². The minimum absolute atomic E-state index is 0.0721. The third-order valence-corrected chi connectivity index (χ3v) is 5.98. The van der Waals surface area contributed by atoms with Crippen molar-refractivity contribution >= 4 is 11.9 Å². The van der Waals surface area contributed by atoms with Crippen LogP contribution in [0, 0.1) is 5.82 Å². The van der Waals surface area contributed by atoms with E-state index in [1.54, 1.807) is 0 Å². The predicted octanol–water partition coefficient (Wildman–Crippen LogP) is 5.06. The molecule has 0 amide bonds. The second-order valence-corrected chi connectivity index (χ2v) is 8.54. The van der Waals surface area contributed by atoms with Crippen molar-refractivity contribution in [3.8, 4) is 17.4 Å². The topological polar surface area (TPSA) is 84.9 Å². The maximum atomic E-state index is 14.5. The number of anilines is 2. The van der Waals surface area contributed by atoms with E-state index in [4.69, 9.17) is 4.74 Å². The zero-order chi connectivity index (χ0) is 23.6. The number of alkyl halides is 4. The van der Waals surface area contributed by atoms with E-state index in [1.165, 1.54) is 13.2 Å². The smallest absolute Gasteiger partial charge is 0.248 e. The third-order valence-electron chi connectivity index (χ3n) is 5.98. The van der Waals surface area contributed by atoms with Crippen LogP contribution in [0.15, 0.2) is 12.1 Å². The number of rotatable bonds is 6. The molecule has 33 heavy (non-hydrogen) atoms. The number of halogens is 5. The Morgan fingerprint density at radius 3 is 1.73 bits per heavy atom. The molecule has 2 aromatic rings. The van der Waals surface area contributed by atoms with E-state index in [9.17, 15) is 22.0 Å². The molecule has 0 aromatic carbocycles. The molecule has 2 aliphatic rings. The summed E-state index contributed by atoms with van der Waals surface area (Å²) in [6.07, 6.45) is -0.126. The van der Waals surface area contributed by atoms with Crippen molar-refractivity contribution < 1.29 is 26.7 Å². The van der Waals surface area contributed by atoms with Crippen molar-refractivity contribution in [1.82, 2.24) is 19.9 Å². The molecule has 0 radical (unpaired) electrons. The SMILES string of the molecule is COc1ccc(F)c(-c2nc(NC3CCC(F)(F)CC3)nc(NC3CCC(F)(F)CC3)n2)n1. The van der Waals surface area contributed by atoms with Crippen molar-refractivity contribution in [1.29, 1.82) is 0 Å². The first-order valence-electron chi connectivity index (χ1n) is 10.9. The Morgan fingerprint density at radius 2 is 1.27 bits per heavy atom. The maximum Gasteiger partial charge on any atom is 0.248 e. The molecule has 2 N–H and O–H groups in total. The molecule has 2 aromatic heterocycles. The summed E-state index contributed by atoms with van der Waals surface area (Å²) in [5.41, 5.74) is -0.173. The van der Waals surface area contributed by atoms with Crippen LogP contribution in [0.5, 0.6) is 5.88 Å². The van der Waals surface area contributed by atoms with Crippen molar-refractivity contribution in [2.75, 3.05) is 17.7 Å². The van der Waals surface area contributed by atoms with Gasteiger partial charge in [-0.15, -0.1) is 0 Å². The van der Waals surface area contributed by atoms with Gasteiger partial charge in [-0.05, 0) is 31.7 Å². The maximum absolute atomic E-state index is 14.5. The molecular weight excluding hydrogens is 447 g/mol. The first kappa shape index (κ1) is 23.4. The Balaban J connectivity index is 1.60. The fourth-order valence-corrected chi connectivity index (χ4v) is 4.04. The van der Waals surface area contributed by atoms with Gasteiger partial charge in [0.1, 0.15) is 5.69 Å². The monoisotopic (exact) mass is 472 g/mol. The normalized spacial score (nSPS) is 20.9. The van der Waals surface area contributed by atoms with Gasteiger partial charge in [-0.1, -0.05) is 0 Å². The summed E-state index contributed by atoms with van der Waals surface area (Å²) in [6.45, 7) is 0. The molecule has 0 atom stereocenters. The average molecular weight is 472 g/mol. The van der Waals surface area contributed by atoms with Crippen LogP contribution in [0.2, 0.25) is 0 Å². The Bertz CT molecular complexity index is 923. The lowest BCUT2D eigenvalue weighted by Gasteiger charge is -2.30. The molecule has 0 saturated heterocycles. The number of nitrogens with one attached hydrogen (secondary N) is 2. The number of hydrogen-bond acceptors (Lipinski definition) is 7. The fraction of sp³-hybridized carbons (Fsp3) is 0.619. The van der Waals surface area contributed by atoms with Gasteiger partial charge < -0.3 is 15.4 Å². The summed E-state index contributed by atoms with van der Waals surface area (Å²) in [7, 11) is 1.38. The van der Waals surface area contributed by atoms with E-state index < -0.39 is 17.7 Å². The van der Waals surface area contributed by atoms with E-state index in [1.807, 2.05) is 0 Å². The Hall–Kier alpha value is -2.79. The van der Waals surface area contributed by atoms with Gasteiger partial charge in [0.2, 0.25) is 29.6 Å². The largest absolute Gasteiger partial charge is 0.481 e. The van der Waals surface area contributed by atoms with Crippen LogP contribution in [0.1, 0.15) is 51.4 Å². The highest BCUT2D eigenvalue weighted by molar-refractivity contribution is 5.55. The van der Waals surface area contributed by atoms with E-state index in [0.29, 0.717) is 0 Å². The van der Waals surface area contributed by atoms with Gasteiger partial charge in [-0.3, -0.25) is 0 Å². The van der Waals surface area contributed by atoms with Gasteiger partial charge in [-0.25, -0.2) is 26.9 Å². The van der Waals surface area contributed by atoms with Crippen molar-refractivity contribution in [3.05, 3.63) is 17.9 Å². The highest BCUT2D eigenvalue weighted by Crippen LogP contribution is 2.35. The molecule has 180 valence electrons. The summed E-state index contributed by atoms with van der Waals surface area (Å²) in [5, 5.41) is 6.06. The predicted molar refractivity (Wildman–Crippen MR) is 111 cm³/mol. The molecule has 0 bridgehead atoms. The highest BCUT2D eigenvalue weighted by atomic mass is 19.3. The molecule has 0 aliphatic heterocycles. The molecule has 0 spiro atoms. The summed E-state index contributed by atoms with van der Waals surface area (Å²) in [6, 6.07) is 1.94. The second-order valence-electron chi connectivity index (χ2n) is 8.54. The number of nitrogens with zero attached hydrogens (tertiary/aromatic N) is 4. The number of pyridine rings is 1. The second kappa shape index (κ2) is 9.22. The molecule has 4 rings (SSSR count). The molecule has 2 heterocycles. The van der Waals surface area contributed by atoms with Crippen LogP contribution in [-0.4, -0.2) is 51.0 Å². The van der Waals surface area contributed by atoms with Crippen LogP contribution >= 0.6 is 0 Å². The van der Waals surface area contributed by atoms with Crippen LogP contribution in [0.25, 0.3) is 11.5 Å². The molecule has 7 nitrogen and oxygen atoms in total. The molecule has 0 unspecified atom stereocenters. The van der Waals surface area contributed by atoms with Gasteiger partial charge in [0, 0.05) is 43.8 Å². The first-order valence-corrected chi connectivity index (χ1v) is 10.9. The van der Waals surface area contributed by atoms with Crippen LogP contribution < -0.4 is 15.4 Å². The van der Waals surface area contributed by atoms with E-state index in [0.717, 1.165) is 6.07 Å². The number of hydrogen-bond donors (Lipinski definition) is 2. The van der Waals surface area contributed by atoms with Crippen LogP contribution in [-0.2, 0) is 0 Å². The van der Waals surface area contributed by atoms with Gasteiger partial charge >= 0.3 is 0 Å². The molecule has 2 aliphatic carbocycles. The number of aromatic nitrogens is 4. The minimum Gasteiger partial charge on any atom is -0.481 e. The highest BCUT2D eigenvalue weighted by Gasteiger charge is 2.36. The average Bonchev–Trinajstić information content (AvgIpc) is 2.77. The van der Waals surface area contributed by atoms with Gasteiger partial charge in [-0.2, -0.15) is 15.0 Å². The van der Waals surface area contributed by atoms with Gasteiger partial charge in [0.15, 0.2) is 11.6 Å². The van der Waals surface area contributed by atoms with Crippen molar-refractivity contribution in [3.63, 3.8) is 0 Å². The zero-order valence-electron chi connectivity index (χ0n) is 18.1. The summed E-state index contributed by atoms with van der Waals surface area (Å²) in [5.74, 6) is -5.86. The lowest BCUT2D eigenvalue weighted by molar-refractivity contribution is -0.0366. The van der Waals surface area contributed by atoms with E-state index in [-0.39, 0.29) is 92.7 Å². The minimum atomic E-state index is -2.69. The first-order chi connectivity index (χ1) is 15.6. The van der Waals surface area contributed by atoms with Gasteiger partial charge in [0.05, 0.1) is 7.11 Å². The lowest BCUT2D eigenvalue weighted by atomic mass is 9.92. The number of methoxy groups -OCH3 is 1. The fourth-order valence-electron chi connectivity index (χ4n) is 4.04. The summed E-state index contributed by atoms with van der Waals surface area (Å²) >= 11 is 0. The lowest BCUT2D eigenvalue weighted by Crippen LogP contribution is -2.33. The molecule has 12 heteroatoms. The standard InChI is InChI=1S/C21H25F5N6O/c1-33-15-3-2-14(22)16(29-15)17-30-18(27-12-4-8-20(23,24)9-5-12)32-19(31-17)28-13-6-10-21(25,26)11-7-13/h2-3,12-13H,4-11H2,1H3,(H2,27,28,30,31,32). The Labute approximate surface area is 187 Å². The molecule has 2 saturated carbocycles. The van der Waals surface area contributed by atoms with Crippen molar-refractivity contribution in [2.24, 2.45) is 0 Å². The summed E-state index contributed by atoms with van der Waals surface area (Å²) < 4.78 is 73.6.